The van der Waals surface area contributed by atoms with Crippen molar-refractivity contribution in [3.63, 3.8) is 0 Å². The lowest BCUT2D eigenvalue weighted by atomic mass is 10.2. The summed E-state index contributed by atoms with van der Waals surface area (Å²) in [5.41, 5.74) is 1.04. The minimum Gasteiger partial charge on any atom is -0.491 e. The molecular formula is C14H16N4O3. The lowest BCUT2D eigenvalue weighted by Crippen LogP contribution is -2.24. The summed E-state index contributed by atoms with van der Waals surface area (Å²) in [6.07, 6.45) is 2.34. The lowest BCUT2D eigenvalue weighted by Gasteiger charge is -2.14. The minimum absolute atomic E-state index is 0.0345. The summed E-state index contributed by atoms with van der Waals surface area (Å²) in [6, 6.07) is 7.74. The van der Waals surface area contributed by atoms with Gasteiger partial charge in [0.25, 0.3) is 0 Å². The van der Waals surface area contributed by atoms with Crippen LogP contribution < -0.4 is 10.1 Å². The second-order valence-corrected chi connectivity index (χ2v) is 4.69. The molecule has 0 aliphatic carbocycles. The predicted octanol–water partition coefficient (Wildman–Crippen LogP) is 2.57. The van der Waals surface area contributed by atoms with Crippen LogP contribution in [0.5, 0.6) is 5.75 Å². The van der Waals surface area contributed by atoms with E-state index in [1.54, 1.807) is 0 Å². The number of nitrogens with zero attached hydrogens (tertiary/aromatic N) is 3. The van der Waals surface area contributed by atoms with Crippen molar-refractivity contribution < 1.29 is 9.66 Å². The van der Waals surface area contributed by atoms with Crippen molar-refractivity contribution in [1.82, 2.24) is 9.97 Å². The van der Waals surface area contributed by atoms with Crippen molar-refractivity contribution >= 4 is 11.6 Å². The monoisotopic (exact) mass is 288 g/mol. The van der Waals surface area contributed by atoms with Crippen LogP contribution in [-0.2, 0) is 0 Å². The third kappa shape index (κ3) is 4.41. The fourth-order valence-corrected chi connectivity index (χ4v) is 1.61. The fraction of sp³-hybridized carbons (Fsp3) is 0.286. The molecular weight excluding hydrogens is 272 g/mol. The highest BCUT2D eigenvalue weighted by Crippen LogP contribution is 2.12. The molecule has 7 nitrogen and oxygen atoms in total. The van der Waals surface area contributed by atoms with Gasteiger partial charge in [-0.1, -0.05) is 17.7 Å². The number of nitrogens with one attached hydrogen (secondary N) is 1. The molecule has 1 aromatic heterocycles. The second kappa shape index (κ2) is 6.65. The van der Waals surface area contributed by atoms with Crippen molar-refractivity contribution in [3.8, 4) is 5.75 Å². The highest BCUT2D eigenvalue weighted by molar-refractivity contribution is 5.31. The molecule has 2 aromatic rings. The maximum atomic E-state index is 10.5. The average molecular weight is 288 g/mol. The molecule has 0 spiro atoms. The Morgan fingerprint density at radius 3 is 2.48 bits per heavy atom. The molecule has 0 fully saturated rings. The first kappa shape index (κ1) is 14.7. The van der Waals surface area contributed by atoms with Gasteiger partial charge in [0.2, 0.25) is 5.95 Å². The van der Waals surface area contributed by atoms with E-state index in [-0.39, 0.29) is 11.7 Å². The molecule has 0 aliphatic rings. The van der Waals surface area contributed by atoms with E-state index in [2.05, 4.69) is 15.3 Å². The molecule has 1 atom stereocenters. The predicted molar refractivity (Wildman–Crippen MR) is 78.4 cm³/mol. The van der Waals surface area contributed by atoms with E-state index in [1.807, 2.05) is 38.1 Å². The molecule has 1 heterocycles. The number of anilines is 1. The average Bonchev–Trinajstić information content (AvgIpc) is 2.47. The minimum atomic E-state index is -0.534. The number of ether oxygens (including phenoxy) is 1. The maximum Gasteiger partial charge on any atom is 0.305 e. The molecule has 0 aliphatic heterocycles. The van der Waals surface area contributed by atoms with Crippen LogP contribution in [0.15, 0.2) is 36.7 Å². The lowest BCUT2D eigenvalue weighted by molar-refractivity contribution is -0.385. The highest BCUT2D eigenvalue weighted by atomic mass is 16.6. The van der Waals surface area contributed by atoms with Crippen molar-refractivity contribution in [2.45, 2.75) is 19.9 Å². The molecule has 7 heteroatoms. The zero-order valence-electron chi connectivity index (χ0n) is 11.8. The van der Waals surface area contributed by atoms with Gasteiger partial charge in [-0.25, -0.2) is 9.97 Å². The van der Waals surface area contributed by atoms with E-state index in [1.165, 1.54) is 18.0 Å². The van der Waals surface area contributed by atoms with E-state index >= 15 is 0 Å². The van der Waals surface area contributed by atoms with E-state index in [0.717, 1.165) is 5.75 Å². The van der Waals surface area contributed by atoms with Crippen LogP contribution in [-0.4, -0.2) is 27.5 Å². The summed E-state index contributed by atoms with van der Waals surface area (Å²) in [5, 5.41) is 13.5. The van der Waals surface area contributed by atoms with E-state index in [0.29, 0.717) is 12.6 Å². The van der Waals surface area contributed by atoms with Gasteiger partial charge in [0.05, 0.1) is 11.0 Å². The van der Waals surface area contributed by atoms with Gasteiger partial charge in [0.1, 0.15) is 24.8 Å². The van der Waals surface area contributed by atoms with Gasteiger partial charge in [0.15, 0.2) is 0 Å². The third-order valence-corrected chi connectivity index (χ3v) is 2.75. The summed E-state index contributed by atoms with van der Waals surface area (Å²) in [5.74, 6) is 1.12. The summed E-state index contributed by atoms with van der Waals surface area (Å²) in [6.45, 7) is 4.36. The summed E-state index contributed by atoms with van der Waals surface area (Å²) in [4.78, 5) is 17.7. The van der Waals surface area contributed by atoms with Crippen molar-refractivity contribution in [2.24, 2.45) is 0 Å². The van der Waals surface area contributed by atoms with Crippen LogP contribution >= 0.6 is 0 Å². The molecule has 1 unspecified atom stereocenters. The fourth-order valence-electron chi connectivity index (χ4n) is 1.61. The molecule has 1 aromatic carbocycles. The van der Waals surface area contributed by atoms with Crippen LogP contribution in [0.1, 0.15) is 12.5 Å². The Morgan fingerprint density at radius 1 is 1.29 bits per heavy atom. The Bertz CT molecular complexity index is 599. The summed E-state index contributed by atoms with van der Waals surface area (Å²) >= 11 is 0. The van der Waals surface area contributed by atoms with Crippen LogP contribution in [0.2, 0.25) is 0 Å². The van der Waals surface area contributed by atoms with Crippen molar-refractivity contribution in [2.75, 3.05) is 11.9 Å². The third-order valence-electron chi connectivity index (χ3n) is 2.75. The number of benzene rings is 1. The van der Waals surface area contributed by atoms with Crippen LogP contribution in [0.4, 0.5) is 11.6 Å². The summed E-state index contributed by atoms with van der Waals surface area (Å²) < 4.78 is 5.63. The van der Waals surface area contributed by atoms with Gasteiger partial charge in [-0.2, -0.15) is 0 Å². The summed E-state index contributed by atoms with van der Waals surface area (Å²) in [7, 11) is 0. The van der Waals surface area contributed by atoms with E-state index in [4.69, 9.17) is 4.74 Å². The molecule has 0 saturated carbocycles. The first-order valence-corrected chi connectivity index (χ1v) is 6.47. The maximum absolute atomic E-state index is 10.5. The Labute approximate surface area is 122 Å². The highest BCUT2D eigenvalue weighted by Gasteiger charge is 2.09. The number of hydrogen-bond donors (Lipinski definition) is 1. The Hall–Kier alpha value is -2.70. The van der Waals surface area contributed by atoms with Gasteiger partial charge < -0.3 is 10.1 Å². The zero-order chi connectivity index (χ0) is 15.2. The quantitative estimate of drug-likeness (QED) is 0.649. The molecule has 0 bridgehead atoms. The molecule has 1 N–H and O–H groups in total. The molecule has 21 heavy (non-hydrogen) atoms. The first-order chi connectivity index (χ1) is 10.0. The standard InChI is InChI=1S/C14H16N4O3/c1-10-3-5-13(6-4-10)21-9-11(2)17-14-15-7-12(8-16-14)18(19)20/h3-8,11H,9H2,1-2H3,(H,15,16,17). The van der Waals surface area contributed by atoms with E-state index < -0.39 is 4.92 Å². The smallest absolute Gasteiger partial charge is 0.305 e. The van der Waals surface area contributed by atoms with Gasteiger partial charge in [-0.3, -0.25) is 10.1 Å². The Kier molecular flexibility index (Phi) is 4.65. The van der Waals surface area contributed by atoms with Gasteiger partial charge in [-0.05, 0) is 26.0 Å². The van der Waals surface area contributed by atoms with Gasteiger partial charge in [-0.15, -0.1) is 0 Å². The van der Waals surface area contributed by atoms with Crippen LogP contribution in [0.25, 0.3) is 0 Å². The molecule has 2 rings (SSSR count). The molecule has 0 saturated heterocycles. The number of aromatic nitrogens is 2. The Balaban J connectivity index is 1.85. The van der Waals surface area contributed by atoms with Crippen LogP contribution in [0, 0.1) is 17.0 Å². The first-order valence-electron chi connectivity index (χ1n) is 6.47. The molecule has 0 radical (unpaired) electrons. The van der Waals surface area contributed by atoms with Crippen LogP contribution in [0.3, 0.4) is 0 Å². The molecule has 0 amide bonds. The molecule has 110 valence electrons. The van der Waals surface area contributed by atoms with Gasteiger partial charge >= 0.3 is 5.69 Å². The largest absolute Gasteiger partial charge is 0.491 e. The topological polar surface area (TPSA) is 90.2 Å². The number of hydrogen-bond acceptors (Lipinski definition) is 6. The SMILES string of the molecule is Cc1ccc(OCC(C)Nc2ncc([N+](=O)[O-])cn2)cc1. The Morgan fingerprint density at radius 2 is 1.90 bits per heavy atom. The number of nitro groups is 1. The zero-order valence-corrected chi connectivity index (χ0v) is 11.8. The van der Waals surface area contributed by atoms with E-state index in [9.17, 15) is 10.1 Å². The van der Waals surface area contributed by atoms with Crippen molar-refractivity contribution in [3.05, 3.63) is 52.3 Å². The van der Waals surface area contributed by atoms with Crippen molar-refractivity contribution in [1.29, 1.82) is 0 Å². The number of rotatable bonds is 6. The number of aryl methyl sites for hydroxylation is 1. The van der Waals surface area contributed by atoms with Gasteiger partial charge in [0, 0.05) is 0 Å². The normalized spacial score (nSPS) is 11.7. The second-order valence-electron chi connectivity index (χ2n) is 4.69.